The molecule has 92 valence electrons. The maximum Gasteiger partial charge on any atom is 0.109 e. The van der Waals surface area contributed by atoms with Crippen molar-refractivity contribution in [1.29, 1.82) is 0 Å². The van der Waals surface area contributed by atoms with E-state index >= 15 is 0 Å². The van der Waals surface area contributed by atoms with Crippen molar-refractivity contribution >= 4 is 11.3 Å². The van der Waals surface area contributed by atoms with E-state index in [1.807, 2.05) is 6.20 Å². The molecule has 0 amide bonds. The van der Waals surface area contributed by atoms with Gasteiger partial charge in [-0.3, -0.25) is 0 Å². The van der Waals surface area contributed by atoms with Crippen LogP contribution in [-0.4, -0.2) is 24.7 Å². The molecule has 1 atom stereocenters. The van der Waals surface area contributed by atoms with Gasteiger partial charge in [0, 0.05) is 24.2 Å². The van der Waals surface area contributed by atoms with E-state index in [0.717, 1.165) is 24.8 Å². The van der Waals surface area contributed by atoms with Gasteiger partial charge in [0.2, 0.25) is 0 Å². The highest BCUT2D eigenvalue weighted by Gasteiger charge is 2.07. The van der Waals surface area contributed by atoms with Gasteiger partial charge >= 0.3 is 0 Å². The Balaban J connectivity index is 2.13. The zero-order chi connectivity index (χ0) is 12.0. The highest BCUT2D eigenvalue weighted by Crippen LogP contribution is 2.18. The Hall–Kier alpha value is -0.450. The summed E-state index contributed by atoms with van der Waals surface area (Å²) in [7, 11) is 0. The second-order valence-electron chi connectivity index (χ2n) is 4.45. The summed E-state index contributed by atoms with van der Waals surface area (Å²) in [4.78, 5) is 5.62. The zero-order valence-corrected chi connectivity index (χ0v) is 11.4. The summed E-state index contributed by atoms with van der Waals surface area (Å²) in [6.45, 7) is 11.0. The third-order valence-corrected chi connectivity index (χ3v) is 3.25. The fourth-order valence-electron chi connectivity index (χ4n) is 1.33. The van der Waals surface area contributed by atoms with Crippen molar-refractivity contribution < 1.29 is 4.74 Å². The number of hydrogen-bond donors (Lipinski definition) is 1. The molecule has 1 aromatic rings. The van der Waals surface area contributed by atoms with Gasteiger partial charge in [0.05, 0.1) is 12.6 Å². The van der Waals surface area contributed by atoms with Crippen LogP contribution in [0.25, 0.3) is 0 Å². The Morgan fingerprint density at radius 3 is 2.75 bits per heavy atom. The van der Waals surface area contributed by atoms with Gasteiger partial charge in [0.1, 0.15) is 5.01 Å². The van der Waals surface area contributed by atoms with Crippen LogP contribution >= 0.6 is 11.3 Å². The lowest BCUT2D eigenvalue weighted by Crippen LogP contribution is -2.23. The Bertz CT molecular complexity index is 299. The second kappa shape index (κ2) is 6.99. The first-order chi connectivity index (χ1) is 7.59. The molecule has 0 aliphatic heterocycles. The molecule has 4 heteroatoms. The Kier molecular flexibility index (Phi) is 5.95. The lowest BCUT2D eigenvalue weighted by molar-refractivity contribution is 0.110. The van der Waals surface area contributed by atoms with Crippen molar-refractivity contribution in [3.05, 3.63) is 16.1 Å². The van der Waals surface area contributed by atoms with Crippen molar-refractivity contribution in [2.24, 2.45) is 5.92 Å². The summed E-state index contributed by atoms with van der Waals surface area (Å²) in [5, 5.41) is 4.56. The minimum Gasteiger partial charge on any atom is -0.380 e. The first kappa shape index (κ1) is 13.6. The van der Waals surface area contributed by atoms with Gasteiger partial charge in [0.15, 0.2) is 0 Å². The third kappa shape index (κ3) is 5.05. The van der Waals surface area contributed by atoms with E-state index < -0.39 is 0 Å². The predicted octanol–water partition coefficient (Wildman–Crippen LogP) is 2.77. The number of aromatic nitrogens is 1. The number of rotatable bonds is 7. The van der Waals surface area contributed by atoms with Crippen LogP contribution in [0.4, 0.5) is 0 Å². The quantitative estimate of drug-likeness (QED) is 0.747. The highest BCUT2D eigenvalue weighted by atomic mass is 32.1. The van der Waals surface area contributed by atoms with Gasteiger partial charge in [-0.2, -0.15) is 0 Å². The Labute approximate surface area is 102 Å². The SMILES string of the molecule is Cc1cnc(C(C)NCCOCC(C)C)s1. The van der Waals surface area contributed by atoms with E-state index in [0.29, 0.717) is 12.0 Å². The smallest absolute Gasteiger partial charge is 0.109 e. The van der Waals surface area contributed by atoms with Crippen molar-refractivity contribution in [3.63, 3.8) is 0 Å². The predicted molar refractivity (Wildman–Crippen MR) is 68.9 cm³/mol. The Morgan fingerprint density at radius 2 is 2.19 bits per heavy atom. The van der Waals surface area contributed by atoms with Crippen molar-refractivity contribution in [3.8, 4) is 0 Å². The van der Waals surface area contributed by atoms with Crippen LogP contribution in [0.3, 0.4) is 0 Å². The van der Waals surface area contributed by atoms with Crippen LogP contribution in [0.1, 0.15) is 36.7 Å². The number of ether oxygens (including phenoxy) is 1. The fraction of sp³-hybridized carbons (Fsp3) is 0.750. The Morgan fingerprint density at radius 1 is 1.44 bits per heavy atom. The number of nitrogens with one attached hydrogen (secondary N) is 1. The van der Waals surface area contributed by atoms with Crippen LogP contribution in [-0.2, 0) is 4.74 Å². The highest BCUT2D eigenvalue weighted by molar-refractivity contribution is 7.11. The molecular formula is C12H22N2OS. The maximum absolute atomic E-state index is 5.51. The molecule has 0 fully saturated rings. The van der Waals surface area contributed by atoms with E-state index in [4.69, 9.17) is 4.74 Å². The molecule has 16 heavy (non-hydrogen) atoms. The summed E-state index contributed by atoms with van der Waals surface area (Å²) >= 11 is 1.75. The molecule has 1 unspecified atom stereocenters. The van der Waals surface area contributed by atoms with Gasteiger partial charge in [-0.1, -0.05) is 13.8 Å². The topological polar surface area (TPSA) is 34.2 Å². The summed E-state index contributed by atoms with van der Waals surface area (Å²) in [6.07, 6.45) is 1.92. The molecule has 0 bridgehead atoms. The average molecular weight is 242 g/mol. The van der Waals surface area contributed by atoms with Crippen LogP contribution < -0.4 is 5.32 Å². The standard InChI is InChI=1S/C12H22N2OS/c1-9(2)8-15-6-5-13-11(4)12-14-7-10(3)16-12/h7,9,11,13H,5-6,8H2,1-4H3. The molecule has 0 aliphatic carbocycles. The third-order valence-electron chi connectivity index (χ3n) is 2.16. The first-order valence-corrected chi connectivity index (χ1v) is 6.64. The van der Waals surface area contributed by atoms with E-state index in [1.54, 1.807) is 11.3 Å². The lowest BCUT2D eigenvalue weighted by atomic mass is 10.2. The largest absolute Gasteiger partial charge is 0.380 e. The molecule has 0 saturated carbocycles. The van der Waals surface area contributed by atoms with Crippen LogP contribution in [0.15, 0.2) is 6.20 Å². The monoisotopic (exact) mass is 242 g/mol. The second-order valence-corrected chi connectivity index (χ2v) is 5.72. The molecule has 0 saturated heterocycles. The minimum absolute atomic E-state index is 0.321. The van der Waals surface area contributed by atoms with Crippen LogP contribution in [0, 0.1) is 12.8 Å². The zero-order valence-electron chi connectivity index (χ0n) is 10.6. The molecular weight excluding hydrogens is 220 g/mol. The molecule has 3 nitrogen and oxygen atoms in total. The van der Waals surface area contributed by atoms with Gasteiger partial charge in [0.25, 0.3) is 0 Å². The lowest BCUT2D eigenvalue weighted by Gasteiger charge is -2.12. The van der Waals surface area contributed by atoms with Gasteiger partial charge in [-0.15, -0.1) is 11.3 Å². The van der Waals surface area contributed by atoms with Crippen molar-refractivity contribution in [1.82, 2.24) is 10.3 Å². The number of thiazole rings is 1. The molecule has 0 aliphatic rings. The van der Waals surface area contributed by atoms with Crippen LogP contribution in [0.5, 0.6) is 0 Å². The molecule has 1 aromatic heterocycles. The van der Waals surface area contributed by atoms with Gasteiger partial charge in [-0.25, -0.2) is 4.98 Å². The normalized spacial score (nSPS) is 13.3. The minimum atomic E-state index is 0.321. The van der Waals surface area contributed by atoms with Gasteiger partial charge in [-0.05, 0) is 19.8 Å². The molecule has 0 spiro atoms. The average Bonchev–Trinajstić information content (AvgIpc) is 2.63. The molecule has 0 aromatic carbocycles. The summed E-state index contributed by atoms with van der Waals surface area (Å²) in [5.74, 6) is 0.610. The van der Waals surface area contributed by atoms with E-state index in [2.05, 4.69) is 38.0 Å². The summed E-state index contributed by atoms with van der Waals surface area (Å²) in [6, 6.07) is 0.321. The van der Waals surface area contributed by atoms with E-state index in [9.17, 15) is 0 Å². The van der Waals surface area contributed by atoms with Crippen molar-refractivity contribution in [2.45, 2.75) is 33.7 Å². The number of hydrogen-bond acceptors (Lipinski definition) is 4. The molecule has 1 heterocycles. The molecule has 1 N–H and O–H groups in total. The summed E-state index contributed by atoms with van der Waals surface area (Å²) in [5.41, 5.74) is 0. The maximum atomic E-state index is 5.51. The van der Waals surface area contributed by atoms with E-state index in [-0.39, 0.29) is 0 Å². The van der Waals surface area contributed by atoms with Crippen LogP contribution in [0.2, 0.25) is 0 Å². The fourth-order valence-corrected chi connectivity index (χ4v) is 2.13. The molecule has 0 radical (unpaired) electrons. The first-order valence-electron chi connectivity index (χ1n) is 5.83. The number of nitrogens with zero attached hydrogens (tertiary/aromatic N) is 1. The molecule has 1 rings (SSSR count). The van der Waals surface area contributed by atoms with Crippen molar-refractivity contribution in [2.75, 3.05) is 19.8 Å². The van der Waals surface area contributed by atoms with Gasteiger partial charge < -0.3 is 10.1 Å². The summed E-state index contributed by atoms with van der Waals surface area (Å²) < 4.78 is 5.51. The number of aryl methyl sites for hydroxylation is 1. The van der Waals surface area contributed by atoms with E-state index in [1.165, 1.54) is 4.88 Å².